The predicted molar refractivity (Wildman–Crippen MR) is 58.0 cm³/mol. The third-order valence-electron chi connectivity index (χ3n) is 2.38. The highest BCUT2D eigenvalue weighted by Gasteiger charge is 2.19. The van der Waals surface area contributed by atoms with Crippen molar-refractivity contribution >= 4 is 0 Å². The summed E-state index contributed by atoms with van der Waals surface area (Å²) < 4.78 is 0. The van der Waals surface area contributed by atoms with Gasteiger partial charge in [-0.2, -0.15) is 0 Å². The Labute approximate surface area is 82.5 Å². The van der Waals surface area contributed by atoms with Gasteiger partial charge in [-0.15, -0.1) is 0 Å². The number of hydrogen-bond donors (Lipinski definition) is 2. The van der Waals surface area contributed by atoms with Crippen molar-refractivity contribution in [2.45, 2.75) is 45.6 Å². The van der Waals surface area contributed by atoms with Crippen LogP contribution < -0.4 is 10.6 Å². The van der Waals surface area contributed by atoms with Gasteiger partial charge >= 0.3 is 0 Å². The molecule has 0 bridgehead atoms. The second-order valence-corrected chi connectivity index (χ2v) is 5.16. The zero-order valence-electron chi connectivity index (χ0n) is 9.32. The summed E-state index contributed by atoms with van der Waals surface area (Å²) in [6, 6.07) is 0. The van der Waals surface area contributed by atoms with Crippen molar-refractivity contribution in [2.24, 2.45) is 5.92 Å². The van der Waals surface area contributed by atoms with Crippen LogP contribution in [-0.4, -0.2) is 25.2 Å². The van der Waals surface area contributed by atoms with Crippen molar-refractivity contribution < 1.29 is 0 Å². The fourth-order valence-electron chi connectivity index (χ4n) is 1.36. The second-order valence-electron chi connectivity index (χ2n) is 5.16. The maximum Gasteiger partial charge on any atom is 0.00970 e. The maximum atomic E-state index is 3.47. The Bertz CT molecular complexity index is 134. The third kappa shape index (κ3) is 7.03. The van der Waals surface area contributed by atoms with E-state index in [0.717, 1.165) is 19.0 Å². The molecule has 1 rings (SSSR count). The molecule has 0 spiro atoms. The van der Waals surface area contributed by atoms with E-state index in [1.807, 2.05) is 0 Å². The maximum absolute atomic E-state index is 3.47. The molecule has 0 aromatic carbocycles. The van der Waals surface area contributed by atoms with Gasteiger partial charge in [0, 0.05) is 18.6 Å². The fraction of sp³-hybridized carbons (Fsp3) is 1.00. The molecule has 0 aromatic rings. The van der Waals surface area contributed by atoms with E-state index >= 15 is 0 Å². The lowest BCUT2D eigenvalue weighted by Gasteiger charge is -2.20. The molecule has 13 heavy (non-hydrogen) atoms. The molecule has 78 valence electrons. The molecule has 0 aliphatic heterocycles. The minimum absolute atomic E-state index is 0.262. The average molecular weight is 184 g/mol. The molecule has 0 saturated heterocycles. The average Bonchev–Trinajstić information content (AvgIpc) is 2.77. The van der Waals surface area contributed by atoms with Crippen LogP contribution in [0.5, 0.6) is 0 Å². The van der Waals surface area contributed by atoms with E-state index in [1.54, 1.807) is 0 Å². The molecule has 0 radical (unpaired) electrons. The number of nitrogens with one attached hydrogen (secondary N) is 2. The van der Waals surface area contributed by atoms with Crippen LogP contribution in [0.25, 0.3) is 0 Å². The lowest BCUT2D eigenvalue weighted by Crippen LogP contribution is -2.40. The van der Waals surface area contributed by atoms with Crippen LogP contribution >= 0.6 is 0 Å². The molecule has 1 aliphatic rings. The van der Waals surface area contributed by atoms with Crippen LogP contribution in [0.15, 0.2) is 0 Å². The van der Waals surface area contributed by atoms with Crippen LogP contribution in [-0.2, 0) is 0 Å². The minimum atomic E-state index is 0.262. The monoisotopic (exact) mass is 184 g/mol. The quantitative estimate of drug-likeness (QED) is 0.615. The minimum Gasteiger partial charge on any atom is -0.315 e. The first-order chi connectivity index (χ1) is 6.08. The molecule has 2 heteroatoms. The lowest BCUT2D eigenvalue weighted by molar-refractivity contribution is 0.420. The van der Waals surface area contributed by atoms with Gasteiger partial charge in [-0.3, -0.25) is 0 Å². The van der Waals surface area contributed by atoms with Crippen molar-refractivity contribution in [1.29, 1.82) is 0 Å². The molecule has 0 aromatic heterocycles. The molecule has 1 saturated carbocycles. The van der Waals surface area contributed by atoms with E-state index in [4.69, 9.17) is 0 Å². The van der Waals surface area contributed by atoms with E-state index in [-0.39, 0.29) is 5.54 Å². The molecule has 2 N–H and O–H groups in total. The van der Waals surface area contributed by atoms with Crippen LogP contribution in [0, 0.1) is 5.92 Å². The molecular weight excluding hydrogens is 160 g/mol. The lowest BCUT2D eigenvalue weighted by atomic mass is 10.1. The van der Waals surface area contributed by atoms with E-state index in [0.29, 0.717) is 0 Å². The molecular formula is C11H24N2. The van der Waals surface area contributed by atoms with Crippen molar-refractivity contribution in [3.63, 3.8) is 0 Å². The predicted octanol–water partition coefficient (Wildman–Crippen LogP) is 1.76. The van der Waals surface area contributed by atoms with Gasteiger partial charge in [0.1, 0.15) is 0 Å². The molecule has 1 fully saturated rings. The van der Waals surface area contributed by atoms with E-state index in [2.05, 4.69) is 31.4 Å². The third-order valence-corrected chi connectivity index (χ3v) is 2.38. The standard InChI is InChI=1S/C11H24N2/c1-11(2,3)13-9-8-12-7-6-10-4-5-10/h10,12-13H,4-9H2,1-3H3. The van der Waals surface area contributed by atoms with Gasteiger partial charge in [0.2, 0.25) is 0 Å². The van der Waals surface area contributed by atoms with Gasteiger partial charge in [-0.1, -0.05) is 12.8 Å². The summed E-state index contributed by atoms with van der Waals surface area (Å²) in [7, 11) is 0. The van der Waals surface area contributed by atoms with Gasteiger partial charge in [0.25, 0.3) is 0 Å². The Hall–Kier alpha value is -0.0800. The van der Waals surface area contributed by atoms with Crippen LogP contribution in [0.2, 0.25) is 0 Å². The summed E-state index contributed by atoms with van der Waals surface area (Å²) >= 11 is 0. The Morgan fingerprint density at radius 2 is 1.77 bits per heavy atom. The smallest absolute Gasteiger partial charge is 0.00970 e. The molecule has 0 amide bonds. The number of rotatable bonds is 6. The first-order valence-corrected chi connectivity index (χ1v) is 5.54. The van der Waals surface area contributed by atoms with E-state index in [9.17, 15) is 0 Å². The van der Waals surface area contributed by atoms with Gasteiger partial charge in [-0.25, -0.2) is 0 Å². The Morgan fingerprint density at radius 3 is 2.31 bits per heavy atom. The van der Waals surface area contributed by atoms with Crippen LogP contribution in [0.4, 0.5) is 0 Å². The SMILES string of the molecule is CC(C)(C)NCCNCCC1CC1. The highest BCUT2D eigenvalue weighted by molar-refractivity contribution is 4.74. The largest absolute Gasteiger partial charge is 0.315 e. The van der Waals surface area contributed by atoms with Gasteiger partial charge in [-0.05, 0) is 39.7 Å². The summed E-state index contributed by atoms with van der Waals surface area (Å²) in [5.41, 5.74) is 0.262. The van der Waals surface area contributed by atoms with E-state index in [1.165, 1.54) is 25.8 Å². The zero-order chi connectivity index (χ0) is 9.73. The topological polar surface area (TPSA) is 24.1 Å². The molecule has 1 aliphatic carbocycles. The molecule has 0 heterocycles. The Kier molecular flexibility index (Phi) is 4.20. The van der Waals surface area contributed by atoms with Gasteiger partial charge < -0.3 is 10.6 Å². The Morgan fingerprint density at radius 1 is 1.08 bits per heavy atom. The second kappa shape index (κ2) is 4.97. The molecule has 0 atom stereocenters. The zero-order valence-corrected chi connectivity index (χ0v) is 9.32. The Balaban J connectivity index is 1.78. The fourth-order valence-corrected chi connectivity index (χ4v) is 1.36. The summed E-state index contributed by atoms with van der Waals surface area (Å²) in [6.07, 6.45) is 4.33. The van der Waals surface area contributed by atoms with Crippen molar-refractivity contribution in [3.8, 4) is 0 Å². The first-order valence-electron chi connectivity index (χ1n) is 5.54. The van der Waals surface area contributed by atoms with Crippen molar-refractivity contribution in [3.05, 3.63) is 0 Å². The number of hydrogen-bond acceptors (Lipinski definition) is 2. The summed E-state index contributed by atoms with van der Waals surface area (Å²) in [6.45, 7) is 10.0. The van der Waals surface area contributed by atoms with Crippen LogP contribution in [0.3, 0.4) is 0 Å². The van der Waals surface area contributed by atoms with E-state index < -0.39 is 0 Å². The van der Waals surface area contributed by atoms with Gasteiger partial charge in [0.05, 0.1) is 0 Å². The molecule has 0 unspecified atom stereocenters. The van der Waals surface area contributed by atoms with Crippen LogP contribution in [0.1, 0.15) is 40.0 Å². The molecule has 2 nitrogen and oxygen atoms in total. The first kappa shape index (κ1) is 11.0. The summed E-state index contributed by atoms with van der Waals surface area (Å²) in [5.74, 6) is 1.06. The van der Waals surface area contributed by atoms with Crippen molar-refractivity contribution in [1.82, 2.24) is 10.6 Å². The van der Waals surface area contributed by atoms with Crippen molar-refractivity contribution in [2.75, 3.05) is 19.6 Å². The van der Waals surface area contributed by atoms with Gasteiger partial charge in [0.15, 0.2) is 0 Å². The normalized spacial score (nSPS) is 17.8. The highest BCUT2D eigenvalue weighted by Crippen LogP contribution is 2.31. The summed E-state index contributed by atoms with van der Waals surface area (Å²) in [4.78, 5) is 0. The summed E-state index contributed by atoms with van der Waals surface area (Å²) in [5, 5.41) is 6.93. The highest BCUT2D eigenvalue weighted by atomic mass is 15.0.